The lowest BCUT2D eigenvalue weighted by Gasteiger charge is -1.95. The zero-order chi connectivity index (χ0) is 11.2. The van der Waals surface area contributed by atoms with Crippen LogP contribution in [0.1, 0.15) is 26.3 Å². The Morgan fingerprint density at radius 3 is 2.00 bits per heavy atom. The van der Waals surface area contributed by atoms with Crippen molar-refractivity contribution in [1.82, 2.24) is 0 Å². The highest BCUT2D eigenvalue weighted by molar-refractivity contribution is 5.44. The number of carbonyl (C=O) groups is 1. The molecule has 0 atom stereocenters. The van der Waals surface area contributed by atoms with E-state index in [2.05, 4.69) is 0 Å². The predicted octanol–water partition coefficient (Wildman–Crippen LogP) is 3.06. The predicted molar refractivity (Wildman–Crippen MR) is 60.2 cm³/mol. The van der Waals surface area contributed by atoms with Gasteiger partial charge in [0.25, 0.3) is 0 Å². The number of rotatable bonds is 2. The lowest BCUT2D eigenvalue weighted by atomic mass is 10.2. The van der Waals surface area contributed by atoms with Crippen molar-refractivity contribution in [3.8, 4) is 0 Å². The van der Waals surface area contributed by atoms with Crippen LogP contribution in [0.15, 0.2) is 30.3 Å². The van der Waals surface area contributed by atoms with E-state index >= 15 is 0 Å². The highest BCUT2D eigenvalue weighted by Crippen LogP contribution is 1.98. The smallest absolute Gasteiger partial charge is 0.116 e. The van der Waals surface area contributed by atoms with Crippen molar-refractivity contribution in [2.75, 3.05) is 7.11 Å². The van der Waals surface area contributed by atoms with Gasteiger partial charge in [0.15, 0.2) is 0 Å². The maximum Gasteiger partial charge on any atom is 0.116 e. The Kier molecular flexibility index (Phi) is 15.7. The molecule has 0 saturated heterocycles. The van der Waals surface area contributed by atoms with Crippen molar-refractivity contribution >= 4 is 6.29 Å². The summed E-state index contributed by atoms with van der Waals surface area (Å²) in [5.74, 6) is 0. The molecule has 0 radical (unpaired) electrons. The molecule has 0 unspecified atom stereocenters. The fourth-order valence-electron chi connectivity index (χ4n) is 0.741. The monoisotopic (exact) mass is 196 g/mol. The van der Waals surface area contributed by atoms with E-state index in [1.54, 1.807) is 7.11 Å². The van der Waals surface area contributed by atoms with Crippen molar-refractivity contribution in [3.63, 3.8) is 0 Å². The van der Waals surface area contributed by atoms with E-state index in [0.717, 1.165) is 6.29 Å². The first kappa shape index (κ1) is 15.3. The van der Waals surface area contributed by atoms with Gasteiger partial charge in [-0.05, 0) is 12.5 Å². The molecular weight excluding hydrogens is 176 g/mol. The molecule has 0 spiro atoms. The van der Waals surface area contributed by atoms with Crippen molar-refractivity contribution in [1.29, 1.82) is 0 Å². The summed E-state index contributed by atoms with van der Waals surface area (Å²) in [4.78, 5) is 8.81. The van der Waals surface area contributed by atoms with Crippen LogP contribution in [0.25, 0.3) is 0 Å². The van der Waals surface area contributed by atoms with E-state index in [1.807, 2.05) is 44.2 Å². The SMILES string of the molecule is CC.CC=O.COCc1ccccc1. The Bertz CT molecular complexity index is 195. The lowest BCUT2D eigenvalue weighted by molar-refractivity contribution is -0.106. The molecule has 0 aromatic heterocycles. The molecule has 2 heteroatoms. The maximum absolute atomic E-state index is 8.81. The van der Waals surface area contributed by atoms with Gasteiger partial charge in [0.05, 0.1) is 6.61 Å². The minimum Gasteiger partial charge on any atom is -0.380 e. The van der Waals surface area contributed by atoms with Crippen LogP contribution in [0.4, 0.5) is 0 Å². The van der Waals surface area contributed by atoms with Gasteiger partial charge < -0.3 is 9.53 Å². The van der Waals surface area contributed by atoms with Gasteiger partial charge in [-0.2, -0.15) is 0 Å². The van der Waals surface area contributed by atoms with Crippen LogP contribution in [-0.4, -0.2) is 13.4 Å². The standard InChI is InChI=1S/C8H10O.C2H4O.C2H6/c1-9-7-8-5-3-2-4-6-8;1-2-3;1-2/h2-6H,7H2,1H3;2H,1H3;1-2H3. The third-order valence-electron chi connectivity index (χ3n) is 1.15. The van der Waals surface area contributed by atoms with E-state index in [4.69, 9.17) is 9.53 Å². The molecule has 1 rings (SSSR count). The number of aldehydes is 1. The summed E-state index contributed by atoms with van der Waals surface area (Å²) in [6, 6.07) is 10.1. The number of methoxy groups -OCH3 is 1. The Balaban J connectivity index is 0. The van der Waals surface area contributed by atoms with E-state index in [1.165, 1.54) is 12.5 Å². The molecule has 0 bridgehead atoms. The molecule has 0 aliphatic heterocycles. The third kappa shape index (κ3) is 10.8. The van der Waals surface area contributed by atoms with Crippen molar-refractivity contribution < 1.29 is 9.53 Å². The first-order chi connectivity index (χ1) is 6.85. The molecule has 0 saturated carbocycles. The first-order valence-corrected chi connectivity index (χ1v) is 4.77. The maximum atomic E-state index is 8.81. The summed E-state index contributed by atoms with van der Waals surface area (Å²) in [5.41, 5.74) is 1.22. The summed E-state index contributed by atoms with van der Waals surface area (Å²) >= 11 is 0. The molecule has 80 valence electrons. The number of benzene rings is 1. The largest absolute Gasteiger partial charge is 0.380 e. The summed E-state index contributed by atoms with van der Waals surface area (Å²) in [6.07, 6.45) is 0.750. The average molecular weight is 196 g/mol. The number of hydrogen-bond acceptors (Lipinski definition) is 2. The van der Waals surface area contributed by atoms with Gasteiger partial charge in [0.1, 0.15) is 6.29 Å². The van der Waals surface area contributed by atoms with Gasteiger partial charge in [-0.1, -0.05) is 44.2 Å². The van der Waals surface area contributed by atoms with Crippen LogP contribution >= 0.6 is 0 Å². The molecule has 0 fully saturated rings. The Labute approximate surface area is 86.9 Å². The zero-order valence-corrected chi connectivity index (χ0v) is 9.49. The molecule has 0 amide bonds. The molecule has 1 aromatic carbocycles. The van der Waals surface area contributed by atoms with Gasteiger partial charge in [-0.3, -0.25) is 0 Å². The van der Waals surface area contributed by atoms with Crippen LogP contribution in [0.2, 0.25) is 0 Å². The van der Waals surface area contributed by atoms with Gasteiger partial charge in [0.2, 0.25) is 0 Å². The number of hydrogen-bond donors (Lipinski definition) is 0. The van der Waals surface area contributed by atoms with Gasteiger partial charge in [-0.25, -0.2) is 0 Å². The quantitative estimate of drug-likeness (QED) is 0.679. The van der Waals surface area contributed by atoms with E-state index in [9.17, 15) is 0 Å². The van der Waals surface area contributed by atoms with Gasteiger partial charge >= 0.3 is 0 Å². The Morgan fingerprint density at radius 2 is 1.64 bits per heavy atom. The molecule has 14 heavy (non-hydrogen) atoms. The van der Waals surface area contributed by atoms with Crippen molar-refractivity contribution in [2.24, 2.45) is 0 Å². The van der Waals surface area contributed by atoms with Crippen LogP contribution in [-0.2, 0) is 16.1 Å². The summed E-state index contributed by atoms with van der Waals surface area (Å²) in [7, 11) is 1.70. The average Bonchev–Trinajstić information content (AvgIpc) is 2.24. The highest BCUT2D eigenvalue weighted by atomic mass is 16.5. The second kappa shape index (κ2) is 14.4. The van der Waals surface area contributed by atoms with Crippen LogP contribution in [0.5, 0.6) is 0 Å². The lowest BCUT2D eigenvalue weighted by Crippen LogP contribution is -1.84. The topological polar surface area (TPSA) is 26.3 Å². The number of carbonyl (C=O) groups excluding carboxylic acids is 1. The Morgan fingerprint density at radius 1 is 1.21 bits per heavy atom. The van der Waals surface area contributed by atoms with Crippen LogP contribution in [0.3, 0.4) is 0 Å². The summed E-state index contributed by atoms with van der Waals surface area (Å²) in [5, 5.41) is 0. The molecule has 1 aromatic rings. The molecule has 0 aliphatic carbocycles. The van der Waals surface area contributed by atoms with E-state index in [-0.39, 0.29) is 0 Å². The number of ether oxygens (including phenoxy) is 1. The minimum absolute atomic E-state index is 0.709. The molecular formula is C12H20O2. The summed E-state index contributed by atoms with van der Waals surface area (Å²) in [6.45, 7) is 6.15. The Hall–Kier alpha value is -1.15. The molecule has 0 aliphatic rings. The molecule has 2 nitrogen and oxygen atoms in total. The zero-order valence-electron chi connectivity index (χ0n) is 9.49. The second-order valence-electron chi connectivity index (χ2n) is 2.15. The van der Waals surface area contributed by atoms with Crippen molar-refractivity contribution in [2.45, 2.75) is 27.4 Å². The second-order valence-corrected chi connectivity index (χ2v) is 2.15. The van der Waals surface area contributed by atoms with Crippen molar-refractivity contribution in [3.05, 3.63) is 35.9 Å². The van der Waals surface area contributed by atoms with E-state index in [0.29, 0.717) is 6.61 Å². The van der Waals surface area contributed by atoms with Gasteiger partial charge in [0, 0.05) is 7.11 Å². The first-order valence-electron chi connectivity index (χ1n) is 4.77. The van der Waals surface area contributed by atoms with Crippen LogP contribution in [0, 0.1) is 0 Å². The fourth-order valence-corrected chi connectivity index (χ4v) is 0.741. The summed E-state index contributed by atoms with van der Waals surface area (Å²) < 4.78 is 4.93. The van der Waals surface area contributed by atoms with Gasteiger partial charge in [-0.15, -0.1) is 0 Å². The van der Waals surface area contributed by atoms with Crippen LogP contribution < -0.4 is 0 Å². The van der Waals surface area contributed by atoms with E-state index < -0.39 is 0 Å². The normalized spacial score (nSPS) is 7.43. The fraction of sp³-hybridized carbons (Fsp3) is 0.417. The molecule has 0 heterocycles. The highest BCUT2D eigenvalue weighted by Gasteiger charge is 1.84. The minimum atomic E-state index is 0.709. The molecule has 0 N–H and O–H groups in total. The third-order valence-corrected chi connectivity index (χ3v) is 1.15.